The number of amides is 3. The van der Waals surface area contributed by atoms with Gasteiger partial charge in [0, 0.05) is 28.4 Å². The van der Waals surface area contributed by atoms with Gasteiger partial charge in [0.1, 0.15) is 6.54 Å². The number of ether oxygens (including phenoxy) is 1. The van der Waals surface area contributed by atoms with Crippen LogP contribution >= 0.6 is 11.8 Å². The number of nitrogens with zero attached hydrogens (tertiary/aromatic N) is 2. The molecule has 0 atom stereocenters. The molecule has 9 heteroatoms. The number of anilines is 1. The standard InChI is InChI=1S/C30H25N3O5S/c1-19-7-9-20(10-8-19)16-33-28(35)26(39-30(33)37)15-22-17-32(25-6-4-3-5-24(22)25)18-27(34)31-23-13-11-21(12-14-23)29(36)38-2/h3-15,17H,16,18H2,1-2H3,(H,31,34)/b26-15-. The summed E-state index contributed by atoms with van der Waals surface area (Å²) >= 11 is 0.914. The topological polar surface area (TPSA) is 97.7 Å². The number of imide groups is 1. The molecule has 1 saturated heterocycles. The maximum Gasteiger partial charge on any atom is 0.337 e. The zero-order valence-electron chi connectivity index (χ0n) is 21.3. The van der Waals surface area contributed by atoms with E-state index in [1.165, 1.54) is 12.0 Å². The first kappa shape index (κ1) is 26.0. The number of carbonyl (C=O) groups is 4. The van der Waals surface area contributed by atoms with Crippen LogP contribution in [0.5, 0.6) is 0 Å². The fourth-order valence-corrected chi connectivity index (χ4v) is 5.17. The predicted octanol–water partition coefficient (Wildman–Crippen LogP) is 5.61. The van der Waals surface area contributed by atoms with Gasteiger partial charge in [-0.25, -0.2) is 4.79 Å². The molecule has 1 aliphatic rings. The number of aromatic nitrogens is 1. The largest absolute Gasteiger partial charge is 0.465 e. The highest BCUT2D eigenvalue weighted by Crippen LogP contribution is 2.35. The van der Waals surface area contributed by atoms with Crippen LogP contribution in [0.1, 0.15) is 27.0 Å². The quantitative estimate of drug-likeness (QED) is 0.242. The van der Waals surface area contributed by atoms with Gasteiger partial charge in [0.25, 0.3) is 11.1 Å². The number of thioether (sulfide) groups is 1. The minimum atomic E-state index is -0.452. The Morgan fingerprint density at radius 1 is 0.974 bits per heavy atom. The van der Waals surface area contributed by atoms with Crippen LogP contribution in [0.2, 0.25) is 0 Å². The SMILES string of the molecule is COC(=O)c1ccc(NC(=O)Cn2cc(/C=C3\SC(=O)N(Cc4ccc(C)cc4)C3=O)c3ccccc32)cc1. The first-order chi connectivity index (χ1) is 18.8. The fraction of sp³-hybridized carbons (Fsp3) is 0.133. The third-order valence-corrected chi connectivity index (χ3v) is 7.25. The fourth-order valence-electron chi connectivity index (χ4n) is 4.34. The lowest BCUT2D eigenvalue weighted by atomic mass is 10.1. The number of hydrogen-bond acceptors (Lipinski definition) is 6. The first-order valence-electron chi connectivity index (χ1n) is 12.2. The van der Waals surface area contributed by atoms with Crippen molar-refractivity contribution in [1.29, 1.82) is 0 Å². The monoisotopic (exact) mass is 539 g/mol. The molecule has 196 valence electrons. The second-order valence-electron chi connectivity index (χ2n) is 9.10. The summed E-state index contributed by atoms with van der Waals surface area (Å²) in [5.41, 5.74) is 4.48. The average Bonchev–Trinajstić information content (AvgIpc) is 3.41. The number of methoxy groups -OCH3 is 1. The average molecular weight is 540 g/mol. The van der Waals surface area contributed by atoms with Gasteiger partial charge in [0.05, 0.1) is 24.1 Å². The molecule has 8 nitrogen and oxygen atoms in total. The molecule has 3 aromatic carbocycles. The van der Waals surface area contributed by atoms with E-state index in [2.05, 4.69) is 5.32 Å². The van der Waals surface area contributed by atoms with Crippen molar-refractivity contribution in [3.05, 3.63) is 106 Å². The van der Waals surface area contributed by atoms with Crippen LogP contribution in [0, 0.1) is 6.92 Å². The van der Waals surface area contributed by atoms with Crippen LogP contribution < -0.4 is 5.32 Å². The second-order valence-corrected chi connectivity index (χ2v) is 10.1. The number of carbonyl (C=O) groups excluding carboxylic acids is 4. The van der Waals surface area contributed by atoms with Crippen molar-refractivity contribution in [2.45, 2.75) is 20.0 Å². The summed E-state index contributed by atoms with van der Waals surface area (Å²) in [4.78, 5) is 51.8. The Morgan fingerprint density at radius 2 is 1.69 bits per heavy atom. The van der Waals surface area contributed by atoms with Crippen molar-refractivity contribution < 1.29 is 23.9 Å². The molecule has 1 aromatic heterocycles. The van der Waals surface area contributed by atoms with Gasteiger partial charge in [0.2, 0.25) is 5.91 Å². The number of nitrogens with one attached hydrogen (secondary N) is 1. The lowest BCUT2D eigenvalue weighted by molar-refractivity contribution is -0.123. The van der Waals surface area contributed by atoms with Gasteiger partial charge in [0.15, 0.2) is 0 Å². The Morgan fingerprint density at radius 3 is 2.41 bits per heavy atom. The van der Waals surface area contributed by atoms with Crippen molar-refractivity contribution in [3.63, 3.8) is 0 Å². The molecule has 1 aliphatic heterocycles. The Balaban J connectivity index is 1.34. The maximum absolute atomic E-state index is 13.1. The molecule has 0 saturated carbocycles. The van der Waals surface area contributed by atoms with E-state index in [1.807, 2.05) is 55.5 Å². The van der Waals surface area contributed by atoms with E-state index in [9.17, 15) is 19.2 Å². The van der Waals surface area contributed by atoms with Crippen molar-refractivity contribution in [2.24, 2.45) is 0 Å². The number of aryl methyl sites for hydroxylation is 1. The van der Waals surface area contributed by atoms with Crippen LogP contribution in [-0.2, 0) is 27.4 Å². The van der Waals surface area contributed by atoms with Crippen LogP contribution in [0.25, 0.3) is 17.0 Å². The Labute approximate surface area is 229 Å². The zero-order chi connectivity index (χ0) is 27.5. The summed E-state index contributed by atoms with van der Waals surface area (Å²) in [6, 6.07) is 21.7. The molecule has 2 heterocycles. The third-order valence-electron chi connectivity index (χ3n) is 6.34. The highest BCUT2D eigenvalue weighted by Gasteiger charge is 2.35. The third kappa shape index (κ3) is 5.63. The summed E-state index contributed by atoms with van der Waals surface area (Å²) in [5, 5.41) is 3.38. The normalized spacial score (nSPS) is 14.3. The Kier molecular flexibility index (Phi) is 7.33. The van der Waals surface area contributed by atoms with E-state index < -0.39 is 5.97 Å². The molecular formula is C30H25N3O5S. The Hall–Kier alpha value is -4.63. The number of esters is 1. The molecule has 0 aliphatic carbocycles. The first-order valence-corrected chi connectivity index (χ1v) is 13.0. The van der Waals surface area contributed by atoms with Crippen LogP contribution in [0.15, 0.2) is 83.9 Å². The number of fused-ring (bicyclic) bond motifs is 1. The molecule has 0 radical (unpaired) electrons. The highest BCUT2D eigenvalue weighted by atomic mass is 32.2. The molecule has 4 aromatic rings. The van der Waals surface area contributed by atoms with Crippen molar-refractivity contribution >= 4 is 57.5 Å². The van der Waals surface area contributed by atoms with Crippen molar-refractivity contribution in [3.8, 4) is 0 Å². The van der Waals surface area contributed by atoms with Gasteiger partial charge in [-0.1, -0.05) is 48.0 Å². The lowest BCUT2D eigenvalue weighted by Crippen LogP contribution is -2.27. The molecule has 0 unspecified atom stereocenters. The minimum Gasteiger partial charge on any atom is -0.465 e. The molecule has 39 heavy (non-hydrogen) atoms. The van der Waals surface area contributed by atoms with Crippen LogP contribution in [0.4, 0.5) is 10.5 Å². The summed E-state index contributed by atoms with van der Waals surface area (Å²) in [5.74, 6) is -1.05. The minimum absolute atomic E-state index is 0.0298. The van der Waals surface area contributed by atoms with Gasteiger partial charge in [-0.15, -0.1) is 0 Å². The molecular weight excluding hydrogens is 514 g/mol. The van der Waals surface area contributed by atoms with E-state index in [1.54, 1.807) is 41.1 Å². The molecule has 3 amide bonds. The zero-order valence-corrected chi connectivity index (χ0v) is 22.2. The molecule has 5 rings (SSSR count). The summed E-state index contributed by atoms with van der Waals surface area (Å²) in [7, 11) is 1.31. The van der Waals surface area contributed by atoms with E-state index >= 15 is 0 Å². The van der Waals surface area contributed by atoms with Gasteiger partial charge in [-0.05, 0) is 60.7 Å². The highest BCUT2D eigenvalue weighted by molar-refractivity contribution is 8.18. The summed E-state index contributed by atoms with van der Waals surface area (Å²) < 4.78 is 6.50. The number of benzene rings is 3. The number of para-hydroxylation sites is 1. The van der Waals surface area contributed by atoms with Crippen molar-refractivity contribution in [1.82, 2.24) is 9.47 Å². The predicted molar refractivity (Wildman–Crippen MR) is 151 cm³/mol. The molecule has 0 spiro atoms. The van der Waals surface area contributed by atoms with Crippen LogP contribution in [0.3, 0.4) is 0 Å². The van der Waals surface area contributed by atoms with Gasteiger partial charge < -0.3 is 14.6 Å². The van der Waals surface area contributed by atoms with Crippen LogP contribution in [-0.4, -0.2) is 39.6 Å². The van der Waals surface area contributed by atoms with E-state index in [0.29, 0.717) is 16.2 Å². The van der Waals surface area contributed by atoms with Gasteiger partial charge in [-0.3, -0.25) is 19.3 Å². The Bertz CT molecular complexity index is 1620. The second kappa shape index (κ2) is 11.0. The van der Waals surface area contributed by atoms with Crippen molar-refractivity contribution in [2.75, 3.05) is 12.4 Å². The van der Waals surface area contributed by atoms with Gasteiger partial charge in [-0.2, -0.15) is 0 Å². The molecule has 1 N–H and O–H groups in total. The lowest BCUT2D eigenvalue weighted by Gasteiger charge is -2.12. The number of rotatable bonds is 7. The van der Waals surface area contributed by atoms with E-state index in [4.69, 9.17) is 4.74 Å². The summed E-state index contributed by atoms with van der Waals surface area (Å²) in [6.45, 7) is 2.23. The number of hydrogen-bond donors (Lipinski definition) is 1. The van der Waals surface area contributed by atoms with E-state index in [-0.39, 0.29) is 30.1 Å². The smallest absolute Gasteiger partial charge is 0.337 e. The molecule has 1 fully saturated rings. The molecule has 0 bridgehead atoms. The van der Waals surface area contributed by atoms with Gasteiger partial charge >= 0.3 is 5.97 Å². The van der Waals surface area contributed by atoms with E-state index in [0.717, 1.165) is 39.4 Å². The summed E-state index contributed by atoms with van der Waals surface area (Å²) in [6.07, 6.45) is 3.51. The maximum atomic E-state index is 13.1.